The molecule has 1 heterocycles. The Labute approximate surface area is 70.8 Å². The van der Waals surface area contributed by atoms with Crippen molar-refractivity contribution in [1.82, 2.24) is 4.90 Å². The molecule has 0 aromatic rings. The Morgan fingerprint density at radius 1 is 1.18 bits per heavy atom. The van der Waals surface area contributed by atoms with Crippen molar-refractivity contribution < 1.29 is 0 Å². The molecule has 0 saturated carbocycles. The molecule has 0 amide bonds. The molecule has 0 unspecified atom stereocenters. The van der Waals surface area contributed by atoms with E-state index < -0.39 is 0 Å². The molecule has 0 aromatic carbocycles. The first-order valence-corrected chi connectivity index (χ1v) is 5.05. The summed E-state index contributed by atoms with van der Waals surface area (Å²) in [6.45, 7) is 8.57. The third-order valence-corrected chi connectivity index (χ3v) is 2.81. The number of hydrogen-bond donors (Lipinski definition) is 0. The summed E-state index contributed by atoms with van der Waals surface area (Å²) in [5.41, 5.74) is 0. The summed E-state index contributed by atoms with van der Waals surface area (Å²) in [4.78, 5) is 2.58. The highest BCUT2D eigenvalue weighted by Crippen LogP contribution is 2.16. The van der Waals surface area contributed by atoms with E-state index in [-0.39, 0.29) is 0 Å². The summed E-state index contributed by atoms with van der Waals surface area (Å²) in [5, 5.41) is 0. The topological polar surface area (TPSA) is 3.24 Å². The maximum Gasteiger partial charge on any atom is -0.00163 e. The highest BCUT2D eigenvalue weighted by Gasteiger charge is 2.09. The summed E-state index contributed by atoms with van der Waals surface area (Å²) in [5.74, 6) is 0.962. The molecular weight excluding hydrogens is 134 g/mol. The molecule has 1 saturated heterocycles. The first-order chi connectivity index (χ1) is 5.33. The summed E-state index contributed by atoms with van der Waals surface area (Å²) < 4.78 is 0. The van der Waals surface area contributed by atoms with Gasteiger partial charge in [0, 0.05) is 0 Å². The minimum Gasteiger partial charge on any atom is -0.304 e. The van der Waals surface area contributed by atoms with E-state index in [1.165, 1.54) is 45.3 Å². The van der Waals surface area contributed by atoms with Gasteiger partial charge in [0.2, 0.25) is 0 Å². The molecule has 1 heteroatoms. The van der Waals surface area contributed by atoms with Gasteiger partial charge in [-0.2, -0.15) is 0 Å². The Balaban J connectivity index is 2.25. The lowest BCUT2D eigenvalue weighted by Gasteiger charge is -2.25. The van der Waals surface area contributed by atoms with Crippen LogP contribution in [-0.4, -0.2) is 24.5 Å². The average molecular weight is 155 g/mol. The van der Waals surface area contributed by atoms with E-state index >= 15 is 0 Å². The van der Waals surface area contributed by atoms with Gasteiger partial charge in [0.25, 0.3) is 0 Å². The molecule has 1 nitrogen and oxygen atoms in total. The Morgan fingerprint density at radius 2 is 2.00 bits per heavy atom. The molecule has 0 spiro atoms. The van der Waals surface area contributed by atoms with Crippen LogP contribution in [-0.2, 0) is 0 Å². The van der Waals surface area contributed by atoms with Gasteiger partial charge in [0.15, 0.2) is 0 Å². The second-order valence-electron chi connectivity index (χ2n) is 3.82. The molecule has 0 bridgehead atoms. The van der Waals surface area contributed by atoms with Gasteiger partial charge in [-0.25, -0.2) is 0 Å². The highest BCUT2D eigenvalue weighted by atomic mass is 15.1. The van der Waals surface area contributed by atoms with E-state index in [1.807, 2.05) is 0 Å². The van der Waals surface area contributed by atoms with Crippen molar-refractivity contribution in [3.8, 4) is 0 Å². The van der Waals surface area contributed by atoms with Gasteiger partial charge in [0.1, 0.15) is 0 Å². The van der Waals surface area contributed by atoms with Gasteiger partial charge >= 0.3 is 0 Å². The zero-order valence-electron chi connectivity index (χ0n) is 7.97. The number of rotatable bonds is 1. The third kappa shape index (κ3) is 3.24. The van der Waals surface area contributed by atoms with Crippen LogP contribution in [0.15, 0.2) is 0 Å². The summed E-state index contributed by atoms with van der Waals surface area (Å²) in [6.07, 6.45) is 5.72. The molecule has 11 heavy (non-hydrogen) atoms. The van der Waals surface area contributed by atoms with Gasteiger partial charge in [-0.1, -0.05) is 26.7 Å². The summed E-state index contributed by atoms with van der Waals surface area (Å²) in [7, 11) is 0. The van der Waals surface area contributed by atoms with Crippen molar-refractivity contribution in [3.05, 3.63) is 0 Å². The Morgan fingerprint density at radius 3 is 2.73 bits per heavy atom. The molecule has 1 rings (SSSR count). The lowest BCUT2D eigenvalue weighted by atomic mass is 9.98. The average Bonchev–Trinajstić information content (AvgIpc) is 1.98. The lowest BCUT2D eigenvalue weighted by molar-refractivity contribution is 0.235. The zero-order valence-corrected chi connectivity index (χ0v) is 7.97. The SMILES string of the molecule is CCN1CCCC[C@H](C)CC1. The first-order valence-electron chi connectivity index (χ1n) is 5.05. The van der Waals surface area contributed by atoms with E-state index in [9.17, 15) is 0 Å². The van der Waals surface area contributed by atoms with E-state index in [4.69, 9.17) is 0 Å². The van der Waals surface area contributed by atoms with Crippen LogP contribution in [0.25, 0.3) is 0 Å². The Bertz CT molecular complexity index is 101. The maximum absolute atomic E-state index is 2.58. The van der Waals surface area contributed by atoms with Crippen molar-refractivity contribution >= 4 is 0 Å². The standard InChI is InChI=1S/C10H21N/c1-3-11-8-5-4-6-10(2)7-9-11/h10H,3-9H2,1-2H3/t10-/m0/s1. The molecule has 0 aliphatic carbocycles. The van der Waals surface area contributed by atoms with Crippen molar-refractivity contribution in [2.45, 2.75) is 39.5 Å². The normalized spacial score (nSPS) is 29.5. The fourth-order valence-electron chi connectivity index (χ4n) is 1.80. The fraction of sp³-hybridized carbons (Fsp3) is 1.00. The second kappa shape index (κ2) is 4.76. The van der Waals surface area contributed by atoms with Crippen LogP contribution in [0.2, 0.25) is 0 Å². The molecule has 1 aliphatic heterocycles. The van der Waals surface area contributed by atoms with E-state index in [1.54, 1.807) is 0 Å². The molecule has 1 fully saturated rings. The molecule has 66 valence electrons. The fourth-order valence-corrected chi connectivity index (χ4v) is 1.80. The Hall–Kier alpha value is -0.0400. The van der Waals surface area contributed by atoms with Crippen LogP contribution in [0, 0.1) is 5.92 Å². The quantitative estimate of drug-likeness (QED) is 0.562. The van der Waals surface area contributed by atoms with Crippen molar-refractivity contribution in [3.63, 3.8) is 0 Å². The summed E-state index contributed by atoms with van der Waals surface area (Å²) in [6, 6.07) is 0. The molecule has 1 atom stereocenters. The number of likely N-dealkylation sites (tertiary alicyclic amines) is 1. The monoisotopic (exact) mass is 155 g/mol. The van der Waals surface area contributed by atoms with Crippen molar-refractivity contribution in [2.75, 3.05) is 19.6 Å². The molecule has 0 N–H and O–H groups in total. The third-order valence-electron chi connectivity index (χ3n) is 2.81. The minimum atomic E-state index is 0.962. The van der Waals surface area contributed by atoms with Crippen LogP contribution in [0.5, 0.6) is 0 Å². The number of hydrogen-bond acceptors (Lipinski definition) is 1. The molecular formula is C10H21N. The van der Waals surface area contributed by atoms with Gasteiger partial charge in [-0.15, -0.1) is 0 Å². The molecule has 1 aliphatic rings. The summed E-state index contributed by atoms with van der Waals surface area (Å²) >= 11 is 0. The van der Waals surface area contributed by atoms with Gasteiger partial charge in [0.05, 0.1) is 0 Å². The zero-order chi connectivity index (χ0) is 8.10. The van der Waals surface area contributed by atoms with E-state index in [2.05, 4.69) is 18.7 Å². The van der Waals surface area contributed by atoms with E-state index in [0.29, 0.717) is 0 Å². The second-order valence-corrected chi connectivity index (χ2v) is 3.82. The molecule has 0 aromatic heterocycles. The van der Waals surface area contributed by atoms with Crippen LogP contribution in [0.4, 0.5) is 0 Å². The predicted molar refractivity (Wildman–Crippen MR) is 49.7 cm³/mol. The molecule has 0 radical (unpaired) electrons. The van der Waals surface area contributed by atoms with Gasteiger partial charge in [-0.3, -0.25) is 0 Å². The van der Waals surface area contributed by atoms with Crippen molar-refractivity contribution in [1.29, 1.82) is 0 Å². The van der Waals surface area contributed by atoms with Crippen molar-refractivity contribution in [2.24, 2.45) is 5.92 Å². The smallest absolute Gasteiger partial charge is 0.00163 e. The minimum absolute atomic E-state index is 0.962. The largest absolute Gasteiger partial charge is 0.304 e. The Kier molecular flexibility index (Phi) is 3.92. The maximum atomic E-state index is 2.58. The van der Waals surface area contributed by atoms with Crippen LogP contribution < -0.4 is 0 Å². The van der Waals surface area contributed by atoms with Crippen LogP contribution >= 0.6 is 0 Å². The van der Waals surface area contributed by atoms with Crippen LogP contribution in [0.3, 0.4) is 0 Å². The first kappa shape index (κ1) is 9.05. The predicted octanol–water partition coefficient (Wildman–Crippen LogP) is 2.52. The van der Waals surface area contributed by atoms with Gasteiger partial charge < -0.3 is 4.90 Å². The number of nitrogens with zero attached hydrogens (tertiary/aromatic N) is 1. The van der Waals surface area contributed by atoms with Crippen LogP contribution in [0.1, 0.15) is 39.5 Å². The highest BCUT2D eigenvalue weighted by molar-refractivity contribution is 4.64. The van der Waals surface area contributed by atoms with E-state index in [0.717, 1.165) is 5.92 Å². The van der Waals surface area contributed by atoms with Gasteiger partial charge in [-0.05, 0) is 38.4 Å². The lowest BCUT2D eigenvalue weighted by Crippen LogP contribution is -2.28.